The topological polar surface area (TPSA) is 51.2 Å². The molecule has 2 rings (SSSR count). The van der Waals surface area contributed by atoms with Gasteiger partial charge < -0.3 is 10.1 Å². The summed E-state index contributed by atoms with van der Waals surface area (Å²) in [6.07, 6.45) is 2.18. The fourth-order valence-electron chi connectivity index (χ4n) is 1.65. The van der Waals surface area contributed by atoms with Crippen LogP contribution in [-0.4, -0.2) is 18.0 Å². The van der Waals surface area contributed by atoms with E-state index in [2.05, 4.69) is 10.3 Å². The number of hydrogen-bond acceptors (Lipinski definition) is 4. The second-order valence-electron chi connectivity index (χ2n) is 4.17. The van der Waals surface area contributed by atoms with Gasteiger partial charge in [-0.15, -0.1) is 11.3 Å². The van der Waals surface area contributed by atoms with Crippen LogP contribution in [0.4, 0.5) is 0 Å². The van der Waals surface area contributed by atoms with Crippen molar-refractivity contribution >= 4 is 17.2 Å². The molecule has 1 amide bonds. The molecule has 4 nitrogen and oxygen atoms in total. The maximum Gasteiger partial charge on any atom is 0.224 e. The van der Waals surface area contributed by atoms with Gasteiger partial charge in [-0.25, -0.2) is 4.98 Å². The maximum atomic E-state index is 11.8. The van der Waals surface area contributed by atoms with Crippen molar-refractivity contribution in [2.45, 2.75) is 19.9 Å². The zero-order chi connectivity index (χ0) is 13.7. The second kappa shape index (κ2) is 6.33. The molecule has 5 heteroatoms. The highest BCUT2D eigenvalue weighted by Gasteiger charge is 2.05. The molecule has 0 aliphatic heterocycles. The van der Waals surface area contributed by atoms with Crippen molar-refractivity contribution in [2.24, 2.45) is 0 Å². The Labute approximate surface area is 116 Å². The van der Waals surface area contributed by atoms with Crippen LogP contribution in [0, 0.1) is 6.92 Å². The van der Waals surface area contributed by atoms with Crippen LogP contribution in [0.3, 0.4) is 0 Å². The van der Waals surface area contributed by atoms with Crippen molar-refractivity contribution in [3.8, 4) is 5.75 Å². The maximum absolute atomic E-state index is 11.8. The first kappa shape index (κ1) is 13.5. The molecule has 1 N–H and O–H groups in total. The summed E-state index contributed by atoms with van der Waals surface area (Å²) in [6, 6.07) is 7.50. The molecule has 1 aromatic carbocycles. The van der Waals surface area contributed by atoms with Gasteiger partial charge in [-0.2, -0.15) is 0 Å². The van der Waals surface area contributed by atoms with Crippen molar-refractivity contribution in [2.75, 3.05) is 7.11 Å². The normalized spacial score (nSPS) is 10.2. The van der Waals surface area contributed by atoms with E-state index < -0.39 is 0 Å². The molecule has 100 valence electrons. The SMILES string of the molecule is COc1ccc(CC(=O)NCc2ncc(C)s2)cc1. The molecule has 0 aliphatic carbocycles. The Morgan fingerprint density at radius 1 is 1.37 bits per heavy atom. The lowest BCUT2D eigenvalue weighted by Crippen LogP contribution is -2.24. The Hall–Kier alpha value is -1.88. The molecular weight excluding hydrogens is 260 g/mol. The lowest BCUT2D eigenvalue weighted by atomic mass is 10.1. The molecule has 1 aromatic heterocycles. The number of rotatable bonds is 5. The molecule has 0 fully saturated rings. The van der Waals surface area contributed by atoms with Crippen molar-refractivity contribution in [1.82, 2.24) is 10.3 Å². The van der Waals surface area contributed by atoms with E-state index in [-0.39, 0.29) is 5.91 Å². The minimum absolute atomic E-state index is 0.00183. The third-order valence-electron chi connectivity index (χ3n) is 2.63. The van der Waals surface area contributed by atoms with Crippen LogP contribution in [0.15, 0.2) is 30.5 Å². The minimum atomic E-state index is -0.00183. The molecule has 2 aromatic rings. The predicted octanol–water partition coefficient (Wildman–Crippen LogP) is 2.32. The fourth-order valence-corrected chi connectivity index (χ4v) is 2.38. The summed E-state index contributed by atoms with van der Waals surface area (Å²) >= 11 is 1.60. The van der Waals surface area contributed by atoms with Gasteiger partial charge in [0.25, 0.3) is 0 Å². The smallest absolute Gasteiger partial charge is 0.224 e. The average molecular weight is 276 g/mol. The summed E-state index contributed by atoms with van der Waals surface area (Å²) in [5, 5.41) is 3.80. The van der Waals surface area contributed by atoms with Crippen LogP contribution in [-0.2, 0) is 17.8 Å². The molecule has 0 bridgehead atoms. The molecule has 1 heterocycles. The molecule has 0 saturated heterocycles. The quantitative estimate of drug-likeness (QED) is 0.911. The van der Waals surface area contributed by atoms with E-state index in [1.54, 1.807) is 18.4 Å². The summed E-state index contributed by atoms with van der Waals surface area (Å²) in [5.41, 5.74) is 0.966. The number of benzene rings is 1. The van der Waals surface area contributed by atoms with Crippen LogP contribution in [0.2, 0.25) is 0 Å². The number of hydrogen-bond donors (Lipinski definition) is 1. The number of amides is 1. The van der Waals surface area contributed by atoms with E-state index in [1.807, 2.05) is 37.4 Å². The number of nitrogens with zero attached hydrogens (tertiary/aromatic N) is 1. The van der Waals surface area contributed by atoms with Gasteiger partial charge >= 0.3 is 0 Å². The summed E-state index contributed by atoms with van der Waals surface area (Å²) in [5.74, 6) is 0.792. The summed E-state index contributed by atoms with van der Waals surface area (Å²) < 4.78 is 5.07. The van der Waals surface area contributed by atoms with E-state index >= 15 is 0 Å². The highest BCUT2D eigenvalue weighted by atomic mass is 32.1. The van der Waals surface area contributed by atoms with Gasteiger partial charge in [0.1, 0.15) is 10.8 Å². The van der Waals surface area contributed by atoms with E-state index in [1.165, 1.54) is 0 Å². The molecular formula is C14H16N2O2S. The molecule has 19 heavy (non-hydrogen) atoms. The number of aryl methyl sites for hydroxylation is 1. The summed E-state index contributed by atoms with van der Waals surface area (Å²) in [7, 11) is 1.62. The monoisotopic (exact) mass is 276 g/mol. The Bertz CT molecular complexity index is 549. The first-order valence-electron chi connectivity index (χ1n) is 5.98. The molecule has 0 radical (unpaired) electrons. The lowest BCUT2D eigenvalue weighted by molar-refractivity contribution is -0.120. The number of methoxy groups -OCH3 is 1. The van der Waals surface area contributed by atoms with Crippen LogP contribution in [0.1, 0.15) is 15.4 Å². The number of aromatic nitrogens is 1. The zero-order valence-corrected chi connectivity index (χ0v) is 11.8. The number of ether oxygens (including phenoxy) is 1. The van der Waals surface area contributed by atoms with Gasteiger partial charge in [0, 0.05) is 11.1 Å². The van der Waals surface area contributed by atoms with Crippen LogP contribution >= 0.6 is 11.3 Å². The van der Waals surface area contributed by atoms with Crippen molar-refractivity contribution in [3.05, 3.63) is 45.9 Å². The third-order valence-corrected chi connectivity index (χ3v) is 3.54. The Balaban J connectivity index is 1.83. The average Bonchev–Trinajstić information content (AvgIpc) is 2.83. The van der Waals surface area contributed by atoms with Gasteiger partial charge in [0.15, 0.2) is 0 Å². The predicted molar refractivity (Wildman–Crippen MR) is 75.4 cm³/mol. The van der Waals surface area contributed by atoms with E-state index in [9.17, 15) is 4.79 Å². The number of carbonyl (C=O) groups is 1. The van der Waals surface area contributed by atoms with Crippen molar-refractivity contribution in [1.29, 1.82) is 0 Å². The highest BCUT2D eigenvalue weighted by Crippen LogP contribution is 2.12. The molecule has 0 aliphatic rings. The van der Waals surface area contributed by atoms with E-state index in [4.69, 9.17) is 4.74 Å². The Morgan fingerprint density at radius 3 is 2.68 bits per heavy atom. The van der Waals surface area contributed by atoms with Crippen molar-refractivity contribution < 1.29 is 9.53 Å². The summed E-state index contributed by atoms with van der Waals surface area (Å²) in [6.45, 7) is 2.49. The Morgan fingerprint density at radius 2 is 2.11 bits per heavy atom. The van der Waals surface area contributed by atoms with Crippen LogP contribution < -0.4 is 10.1 Å². The van der Waals surface area contributed by atoms with Crippen molar-refractivity contribution in [3.63, 3.8) is 0 Å². The van der Waals surface area contributed by atoms with E-state index in [0.29, 0.717) is 13.0 Å². The van der Waals surface area contributed by atoms with Crippen LogP contribution in [0.25, 0.3) is 0 Å². The summed E-state index contributed by atoms with van der Waals surface area (Å²) in [4.78, 5) is 17.1. The number of nitrogens with one attached hydrogen (secondary N) is 1. The molecule has 0 atom stereocenters. The minimum Gasteiger partial charge on any atom is -0.497 e. The lowest BCUT2D eigenvalue weighted by Gasteiger charge is -2.04. The van der Waals surface area contributed by atoms with Gasteiger partial charge in [0.05, 0.1) is 20.1 Å². The van der Waals surface area contributed by atoms with Gasteiger partial charge in [-0.3, -0.25) is 4.79 Å². The highest BCUT2D eigenvalue weighted by molar-refractivity contribution is 7.11. The second-order valence-corrected chi connectivity index (χ2v) is 5.49. The molecule has 0 unspecified atom stereocenters. The largest absolute Gasteiger partial charge is 0.497 e. The standard InChI is InChI=1S/C14H16N2O2S/c1-10-8-16-14(19-10)9-15-13(17)7-11-3-5-12(18-2)6-4-11/h3-6,8H,7,9H2,1-2H3,(H,15,17). The number of thiazole rings is 1. The van der Waals surface area contributed by atoms with Gasteiger partial charge in [0.2, 0.25) is 5.91 Å². The first-order chi connectivity index (χ1) is 9.17. The third kappa shape index (κ3) is 4.06. The Kier molecular flexibility index (Phi) is 4.52. The van der Waals surface area contributed by atoms with Gasteiger partial charge in [-0.1, -0.05) is 12.1 Å². The zero-order valence-electron chi connectivity index (χ0n) is 11.0. The molecule has 0 spiro atoms. The molecule has 0 saturated carbocycles. The fraction of sp³-hybridized carbons (Fsp3) is 0.286. The number of carbonyl (C=O) groups excluding carboxylic acids is 1. The van der Waals surface area contributed by atoms with E-state index in [0.717, 1.165) is 21.2 Å². The first-order valence-corrected chi connectivity index (χ1v) is 6.80. The van der Waals surface area contributed by atoms with Crippen LogP contribution in [0.5, 0.6) is 5.75 Å². The van der Waals surface area contributed by atoms with Gasteiger partial charge in [-0.05, 0) is 24.6 Å².